The molecule has 0 bridgehead atoms. The number of hydrogen-bond donors (Lipinski definition) is 4. The first kappa shape index (κ1) is 33.3. The number of carbonyl (C=O) groups is 1. The number of amides is 1. The molecule has 0 aliphatic heterocycles. The van der Waals surface area contributed by atoms with Crippen molar-refractivity contribution in [1.29, 1.82) is 0 Å². The predicted molar refractivity (Wildman–Crippen MR) is 162 cm³/mol. The third kappa shape index (κ3) is 6.36. The van der Waals surface area contributed by atoms with Crippen LogP contribution in [0.2, 0.25) is 20.5 Å². The summed E-state index contributed by atoms with van der Waals surface area (Å²) >= 11 is 0. The van der Waals surface area contributed by atoms with Gasteiger partial charge in [-0.15, -0.1) is 20.5 Å². The third-order valence-electron chi connectivity index (χ3n) is 6.48. The van der Waals surface area contributed by atoms with Crippen LogP contribution in [0.4, 0.5) is 11.8 Å². The van der Waals surface area contributed by atoms with Crippen LogP contribution in [-0.4, -0.2) is 155 Å². The molecule has 1 aliphatic rings. The third-order valence-corrected chi connectivity index (χ3v) is 6.48. The molecular formula is C16H12B15N5O2. The second kappa shape index (κ2) is 10.2. The number of hydrogen-bond acceptors (Lipinski definition) is 6. The largest absolute Gasteiger partial charge is 0.400 e. The average Bonchev–Trinajstić information content (AvgIpc) is 2.59. The van der Waals surface area contributed by atoms with Gasteiger partial charge in [0.1, 0.15) is 29.4 Å². The van der Waals surface area contributed by atoms with Gasteiger partial charge in [-0.05, 0) is 30.7 Å². The minimum absolute atomic E-state index is 0.0583. The summed E-state index contributed by atoms with van der Waals surface area (Å²) in [5.74, 6) is -2.89. The second-order valence-electron chi connectivity index (χ2n) is 10.2. The Bertz CT molecular complexity index is 1030. The highest BCUT2D eigenvalue weighted by Crippen LogP contribution is 2.55. The van der Waals surface area contributed by atoms with Crippen LogP contribution in [0.25, 0.3) is 0 Å². The smallest absolute Gasteiger partial charge is 0.253 e. The molecule has 1 amide bonds. The van der Waals surface area contributed by atoms with Gasteiger partial charge in [0.15, 0.2) is 0 Å². The molecule has 1 aromatic heterocycles. The molecular weight excluding hydrogens is 456 g/mol. The van der Waals surface area contributed by atoms with Crippen LogP contribution in [0.3, 0.4) is 0 Å². The molecule has 1 aliphatic carbocycles. The highest BCUT2D eigenvalue weighted by atomic mass is 16.3. The van der Waals surface area contributed by atoms with Crippen molar-refractivity contribution in [2.24, 2.45) is 11.7 Å². The number of primary amides is 1. The molecule has 158 valence electrons. The van der Waals surface area contributed by atoms with Crippen LogP contribution < -0.4 is 22.0 Å². The normalized spacial score (nSPS) is 25.3. The molecule has 0 saturated heterocycles. The molecule has 5 N–H and O–H groups in total. The lowest BCUT2D eigenvalue weighted by Gasteiger charge is -2.65. The van der Waals surface area contributed by atoms with Crippen molar-refractivity contribution in [1.82, 2.24) is 9.97 Å². The first-order valence-corrected chi connectivity index (χ1v) is 11.0. The van der Waals surface area contributed by atoms with E-state index >= 15 is 0 Å². The van der Waals surface area contributed by atoms with Gasteiger partial charge < -0.3 is 21.5 Å². The summed E-state index contributed by atoms with van der Waals surface area (Å²) in [5, 5.41) is 6.67. The van der Waals surface area contributed by atoms with Gasteiger partial charge in [-0.1, -0.05) is 0 Å². The van der Waals surface area contributed by atoms with Crippen LogP contribution in [0, 0.1) is 5.92 Å². The lowest BCUT2D eigenvalue weighted by molar-refractivity contribution is 0.0166. The number of nitrogens with one attached hydrogen (secondary N) is 2. The summed E-state index contributed by atoms with van der Waals surface area (Å²) in [4.78, 5) is 20.3. The summed E-state index contributed by atoms with van der Waals surface area (Å²) in [7, 11) is 88.6. The van der Waals surface area contributed by atoms with E-state index in [0.717, 1.165) is 0 Å². The maximum Gasteiger partial charge on any atom is 0.253 e. The lowest BCUT2D eigenvalue weighted by atomic mass is 9.12. The summed E-state index contributed by atoms with van der Waals surface area (Å²) in [5.41, 5.74) is -1.56. The molecule has 1 saturated carbocycles. The number of aromatic nitrogens is 2. The van der Waals surface area contributed by atoms with Crippen LogP contribution >= 0.6 is 0 Å². The zero-order chi connectivity index (χ0) is 29.9. The van der Waals surface area contributed by atoms with Crippen molar-refractivity contribution in [2.45, 2.75) is 56.2 Å². The Kier molecular flexibility index (Phi) is 8.91. The first-order valence-electron chi connectivity index (χ1n) is 11.0. The Labute approximate surface area is 244 Å². The van der Waals surface area contributed by atoms with E-state index in [1.165, 1.54) is 0 Å². The fourth-order valence-electron chi connectivity index (χ4n) is 4.88. The SMILES string of the molecule is [B]c1nc(NC(C([B])([B])[B])(C([B])([B])[B])C([B])([B])[B])nc(NC2([B])CCC(C([B])([B])[B])C([B])(O)C2)c1C(N)=O. The fourth-order valence-corrected chi connectivity index (χ4v) is 4.88. The fraction of sp³-hybridized carbons (Fsp3) is 0.688. The van der Waals surface area contributed by atoms with Crippen LogP contribution in [0.1, 0.15) is 29.6 Å². The Morgan fingerprint density at radius 2 is 1.39 bits per heavy atom. The van der Waals surface area contributed by atoms with Crippen LogP contribution in [-0.2, 0) is 0 Å². The summed E-state index contributed by atoms with van der Waals surface area (Å²) in [6.45, 7) is 0. The van der Waals surface area contributed by atoms with E-state index in [1.807, 2.05) is 0 Å². The Balaban J connectivity index is 2.65. The van der Waals surface area contributed by atoms with Gasteiger partial charge >= 0.3 is 0 Å². The van der Waals surface area contributed by atoms with Crippen molar-refractivity contribution in [3.8, 4) is 0 Å². The zero-order valence-electron chi connectivity index (χ0n) is 20.7. The second-order valence-corrected chi connectivity index (χ2v) is 10.2. The molecule has 1 fully saturated rings. The maximum atomic E-state index is 12.2. The van der Waals surface area contributed by atoms with E-state index in [-0.39, 0.29) is 25.1 Å². The van der Waals surface area contributed by atoms with Gasteiger partial charge in [-0.3, -0.25) is 4.79 Å². The highest BCUT2D eigenvalue weighted by molar-refractivity contribution is 6.71. The lowest BCUT2D eigenvalue weighted by Crippen LogP contribution is -2.67. The van der Waals surface area contributed by atoms with Gasteiger partial charge in [0, 0.05) is 16.5 Å². The molecule has 0 spiro atoms. The van der Waals surface area contributed by atoms with E-state index in [0.29, 0.717) is 0 Å². The summed E-state index contributed by atoms with van der Waals surface area (Å²) < 4.78 is 0. The molecule has 3 unspecified atom stereocenters. The molecule has 30 radical (unpaired) electrons. The summed E-state index contributed by atoms with van der Waals surface area (Å²) in [6, 6.07) is 0. The molecule has 7 nitrogen and oxygen atoms in total. The van der Waals surface area contributed by atoms with E-state index in [1.54, 1.807) is 0 Å². The van der Waals surface area contributed by atoms with Crippen LogP contribution in [0.15, 0.2) is 0 Å². The number of nitrogens with zero attached hydrogens (tertiary/aromatic N) is 2. The highest BCUT2D eigenvalue weighted by Gasteiger charge is 2.54. The van der Waals surface area contributed by atoms with Crippen molar-refractivity contribution >= 4 is 141 Å². The van der Waals surface area contributed by atoms with E-state index < -0.39 is 65.9 Å². The topological polar surface area (TPSA) is 113 Å². The predicted octanol–water partition coefficient (Wildman–Crippen LogP) is -6.23. The summed E-state index contributed by atoms with van der Waals surface area (Å²) in [6.07, 6.45) is -0.242. The van der Waals surface area contributed by atoms with Gasteiger partial charge in [-0.2, -0.15) is 4.98 Å². The molecule has 1 heterocycles. The molecule has 22 heteroatoms. The molecule has 0 aromatic carbocycles. The van der Waals surface area contributed by atoms with Gasteiger partial charge in [0.05, 0.1) is 99.7 Å². The quantitative estimate of drug-likeness (QED) is 0.269. The van der Waals surface area contributed by atoms with Gasteiger partial charge in [0.2, 0.25) is 5.95 Å². The number of aliphatic hydroxyl groups is 1. The maximum absolute atomic E-state index is 12.2. The number of nitrogens with two attached hydrogens (primary N) is 1. The van der Waals surface area contributed by atoms with Crippen molar-refractivity contribution < 1.29 is 9.90 Å². The first-order chi connectivity index (χ1) is 16.7. The molecule has 3 atom stereocenters. The zero-order valence-corrected chi connectivity index (χ0v) is 20.7. The number of anilines is 2. The Hall–Kier alpha value is -0.916. The van der Waals surface area contributed by atoms with E-state index in [9.17, 15) is 9.90 Å². The van der Waals surface area contributed by atoms with Gasteiger partial charge in [0.25, 0.3) is 5.91 Å². The molecule has 1 aromatic rings. The minimum atomic E-state index is -2.56. The number of carbonyl (C=O) groups excluding carboxylic acids is 1. The standard InChI is InChI=1S/C16H12B15N5O2/c17-6-5(7(32)37)8(35-10(18)2-1-4(12(20,21)22)11(19,38)3-10)34-9(33-6)36-13(14(23,24)25,15(26,27)28)16(29,30)31/h4,38H,1-3H2,(H2,32,37)(H2,33,34,35,36). The van der Waals surface area contributed by atoms with Crippen molar-refractivity contribution in [3.05, 3.63) is 5.56 Å². The molecule has 2 rings (SSSR count). The number of rotatable bonds is 9. The average molecular weight is 468 g/mol. The monoisotopic (exact) mass is 471 g/mol. The van der Waals surface area contributed by atoms with E-state index in [4.69, 9.17) is 123 Å². The molecule has 38 heavy (non-hydrogen) atoms. The van der Waals surface area contributed by atoms with Crippen molar-refractivity contribution in [2.75, 3.05) is 10.6 Å². The van der Waals surface area contributed by atoms with E-state index in [2.05, 4.69) is 20.6 Å². The minimum Gasteiger partial charge on any atom is -0.400 e. The Morgan fingerprint density at radius 3 is 1.76 bits per heavy atom. The van der Waals surface area contributed by atoms with Crippen molar-refractivity contribution in [3.63, 3.8) is 0 Å². The van der Waals surface area contributed by atoms with Crippen LogP contribution in [0.5, 0.6) is 0 Å². The van der Waals surface area contributed by atoms with Gasteiger partial charge in [-0.25, -0.2) is 4.98 Å². The Morgan fingerprint density at radius 1 is 0.921 bits per heavy atom.